The molecule has 0 aliphatic heterocycles. The second-order valence-electron chi connectivity index (χ2n) is 6.82. The number of amides is 1. The summed E-state index contributed by atoms with van der Waals surface area (Å²) in [6.07, 6.45) is -0.118. The number of esters is 1. The van der Waals surface area contributed by atoms with Crippen LogP contribution < -0.4 is 10.1 Å². The van der Waals surface area contributed by atoms with E-state index >= 15 is 0 Å². The van der Waals surface area contributed by atoms with Gasteiger partial charge in [0, 0.05) is 11.1 Å². The van der Waals surface area contributed by atoms with Crippen LogP contribution in [0.4, 0.5) is 0 Å². The van der Waals surface area contributed by atoms with E-state index in [2.05, 4.69) is 5.32 Å². The van der Waals surface area contributed by atoms with Crippen LogP contribution in [-0.4, -0.2) is 31.4 Å². The zero-order valence-corrected chi connectivity index (χ0v) is 17.1. The van der Waals surface area contributed by atoms with Gasteiger partial charge in [-0.2, -0.15) is 0 Å². The highest BCUT2D eigenvalue weighted by molar-refractivity contribution is 5.98. The largest absolute Gasteiger partial charge is 0.497 e. The summed E-state index contributed by atoms with van der Waals surface area (Å²) in [5, 5.41) is 2.87. The van der Waals surface area contributed by atoms with Crippen molar-refractivity contribution in [2.45, 2.75) is 12.5 Å². The van der Waals surface area contributed by atoms with Crippen LogP contribution in [0.5, 0.6) is 5.75 Å². The Morgan fingerprint density at radius 2 is 1.39 bits per heavy atom. The summed E-state index contributed by atoms with van der Waals surface area (Å²) in [5.41, 5.74) is 1.67. The molecule has 1 atom stereocenters. The normalized spacial score (nSPS) is 11.3. The van der Waals surface area contributed by atoms with Crippen LogP contribution in [0.2, 0.25) is 0 Å². The summed E-state index contributed by atoms with van der Waals surface area (Å²) >= 11 is 0. The van der Waals surface area contributed by atoms with Gasteiger partial charge >= 0.3 is 5.97 Å². The number of carbonyl (C=O) groups is 3. The maximum atomic E-state index is 12.6. The van der Waals surface area contributed by atoms with Crippen LogP contribution in [0.1, 0.15) is 38.7 Å². The topological polar surface area (TPSA) is 81.7 Å². The minimum atomic E-state index is -0.627. The monoisotopic (exact) mass is 417 g/mol. The van der Waals surface area contributed by atoms with Crippen molar-refractivity contribution >= 4 is 17.7 Å². The Balaban J connectivity index is 1.68. The second kappa shape index (κ2) is 10.7. The molecule has 31 heavy (non-hydrogen) atoms. The van der Waals surface area contributed by atoms with Gasteiger partial charge in [-0.25, -0.2) is 0 Å². The Morgan fingerprint density at radius 3 is 1.97 bits per heavy atom. The molecule has 0 fully saturated rings. The quantitative estimate of drug-likeness (QED) is 0.421. The molecule has 1 N–H and O–H groups in total. The molecule has 6 nitrogen and oxygen atoms in total. The fraction of sp³-hybridized carbons (Fsp3) is 0.160. The molecule has 0 aliphatic rings. The molecule has 0 spiro atoms. The summed E-state index contributed by atoms with van der Waals surface area (Å²) in [4.78, 5) is 37.3. The lowest BCUT2D eigenvalue weighted by Crippen LogP contribution is -2.31. The number of benzene rings is 3. The van der Waals surface area contributed by atoms with E-state index in [0.29, 0.717) is 16.9 Å². The molecule has 3 aromatic rings. The van der Waals surface area contributed by atoms with Crippen molar-refractivity contribution in [2.24, 2.45) is 0 Å². The average Bonchev–Trinajstić information content (AvgIpc) is 2.83. The van der Waals surface area contributed by atoms with Gasteiger partial charge in [0.15, 0.2) is 12.4 Å². The lowest BCUT2D eigenvalue weighted by molar-refractivity contribution is -0.143. The smallest absolute Gasteiger partial charge is 0.308 e. The van der Waals surface area contributed by atoms with E-state index in [4.69, 9.17) is 9.47 Å². The molecular weight excluding hydrogens is 394 g/mol. The maximum Gasteiger partial charge on any atom is 0.308 e. The Bertz CT molecular complexity index is 1020. The molecule has 0 aliphatic carbocycles. The van der Waals surface area contributed by atoms with Crippen molar-refractivity contribution in [3.8, 4) is 5.75 Å². The number of Topliss-reactive ketones (excluding diaryl/α,β-unsaturated/α-hetero) is 1. The van der Waals surface area contributed by atoms with Gasteiger partial charge in [-0.3, -0.25) is 14.4 Å². The number of ketones is 1. The lowest BCUT2D eigenvalue weighted by Gasteiger charge is -2.19. The minimum absolute atomic E-state index is 0.118. The van der Waals surface area contributed by atoms with Gasteiger partial charge in [0.1, 0.15) is 5.75 Å². The van der Waals surface area contributed by atoms with Crippen LogP contribution in [0.15, 0.2) is 84.9 Å². The van der Waals surface area contributed by atoms with Crippen LogP contribution >= 0.6 is 0 Å². The van der Waals surface area contributed by atoms with Crippen molar-refractivity contribution in [2.75, 3.05) is 13.7 Å². The first kappa shape index (κ1) is 21.8. The van der Waals surface area contributed by atoms with Crippen LogP contribution in [0.3, 0.4) is 0 Å². The van der Waals surface area contributed by atoms with Crippen molar-refractivity contribution in [3.63, 3.8) is 0 Å². The highest BCUT2D eigenvalue weighted by atomic mass is 16.5. The van der Waals surface area contributed by atoms with E-state index in [1.807, 2.05) is 6.07 Å². The van der Waals surface area contributed by atoms with E-state index in [-0.39, 0.29) is 24.7 Å². The number of nitrogens with one attached hydrogen (secondary N) is 1. The average molecular weight is 417 g/mol. The molecule has 1 amide bonds. The molecule has 0 radical (unpaired) electrons. The van der Waals surface area contributed by atoms with Gasteiger partial charge in [-0.15, -0.1) is 0 Å². The zero-order valence-electron chi connectivity index (χ0n) is 17.1. The molecule has 1 unspecified atom stereocenters. The zero-order chi connectivity index (χ0) is 22.1. The molecule has 158 valence electrons. The van der Waals surface area contributed by atoms with Gasteiger partial charge < -0.3 is 14.8 Å². The molecule has 6 heteroatoms. The predicted octanol–water partition coefficient (Wildman–Crippen LogP) is 3.98. The van der Waals surface area contributed by atoms with Crippen molar-refractivity contribution in [3.05, 3.63) is 102 Å². The summed E-state index contributed by atoms with van der Waals surface area (Å²) in [5.74, 6) is -0.524. The SMILES string of the molecule is COc1ccc(C(CC(=O)OCC(=O)c2ccccc2)NC(=O)c2ccccc2)cc1. The molecule has 3 rings (SSSR count). The maximum absolute atomic E-state index is 12.6. The van der Waals surface area contributed by atoms with Gasteiger partial charge in [0.25, 0.3) is 5.91 Å². The molecule has 0 bridgehead atoms. The number of carbonyl (C=O) groups excluding carboxylic acids is 3. The highest BCUT2D eigenvalue weighted by Crippen LogP contribution is 2.21. The Hall–Kier alpha value is -3.93. The first-order valence-electron chi connectivity index (χ1n) is 9.80. The number of ether oxygens (including phenoxy) is 2. The summed E-state index contributed by atoms with van der Waals surface area (Å²) < 4.78 is 10.3. The molecule has 0 heterocycles. The second-order valence-corrected chi connectivity index (χ2v) is 6.82. The number of rotatable bonds is 9. The first-order chi connectivity index (χ1) is 15.1. The van der Waals surface area contributed by atoms with E-state index in [9.17, 15) is 14.4 Å². The minimum Gasteiger partial charge on any atom is -0.497 e. The fourth-order valence-corrected chi connectivity index (χ4v) is 3.00. The summed E-state index contributed by atoms with van der Waals surface area (Å²) in [7, 11) is 1.56. The van der Waals surface area contributed by atoms with Crippen molar-refractivity contribution in [1.29, 1.82) is 0 Å². The van der Waals surface area contributed by atoms with E-state index in [1.165, 1.54) is 0 Å². The number of hydrogen-bond donors (Lipinski definition) is 1. The third kappa shape index (κ3) is 6.27. The Labute approximate surface area is 180 Å². The molecule has 0 saturated heterocycles. The first-order valence-corrected chi connectivity index (χ1v) is 9.80. The van der Waals surface area contributed by atoms with Crippen LogP contribution in [0.25, 0.3) is 0 Å². The van der Waals surface area contributed by atoms with Crippen molar-refractivity contribution < 1.29 is 23.9 Å². The molecule has 0 saturated carbocycles. The van der Waals surface area contributed by atoms with E-state index in [0.717, 1.165) is 5.56 Å². The van der Waals surface area contributed by atoms with Gasteiger partial charge in [0.05, 0.1) is 19.6 Å². The van der Waals surface area contributed by atoms with E-state index in [1.54, 1.807) is 86.0 Å². The summed E-state index contributed by atoms with van der Waals surface area (Å²) in [6, 6.07) is 23.8. The molecule has 3 aromatic carbocycles. The van der Waals surface area contributed by atoms with Gasteiger partial charge in [0.2, 0.25) is 0 Å². The fourth-order valence-electron chi connectivity index (χ4n) is 3.00. The standard InChI is InChI=1S/C25H23NO5/c1-30-21-14-12-18(13-15-21)22(26-25(29)20-10-6-3-7-11-20)16-24(28)31-17-23(27)19-8-4-2-5-9-19/h2-15,22H,16-17H2,1H3,(H,26,29). The van der Waals surface area contributed by atoms with Gasteiger partial charge in [-0.1, -0.05) is 60.7 Å². The molecule has 0 aromatic heterocycles. The third-order valence-corrected chi connectivity index (χ3v) is 4.69. The molecular formula is C25H23NO5. The van der Waals surface area contributed by atoms with E-state index < -0.39 is 12.0 Å². The van der Waals surface area contributed by atoms with Crippen molar-refractivity contribution in [1.82, 2.24) is 5.32 Å². The predicted molar refractivity (Wildman–Crippen MR) is 116 cm³/mol. The number of hydrogen-bond acceptors (Lipinski definition) is 5. The highest BCUT2D eigenvalue weighted by Gasteiger charge is 2.21. The Morgan fingerprint density at radius 1 is 0.806 bits per heavy atom. The van der Waals surface area contributed by atoms with Gasteiger partial charge in [-0.05, 0) is 29.8 Å². The van der Waals surface area contributed by atoms with Crippen LogP contribution in [0, 0.1) is 0 Å². The number of methoxy groups -OCH3 is 1. The third-order valence-electron chi connectivity index (χ3n) is 4.69. The lowest BCUT2D eigenvalue weighted by atomic mass is 10.0. The summed E-state index contributed by atoms with van der Waals surface area (Å²) in [6.45, 7) is -0.356. The van der Waals surface area contributed by atoms with Crippen LogP contribution in [-0.2, 0) is 9.53 Å². The Kier molecular flexibility index (Phi) is 7.54.